The smallest absolute Gasteiger partial charge is 0.255 e. The number of ether oxygens (including phenoxy) is 1. The number of carbonyl (C=O) groups excluding carboxylic acids is 1. The normalized spacial score (nSPS) is 10.8. The molecule has 0 aliphatic heterocycles. The number of para-hydroxylation sites is 1. The zero-order chi connectivity index (χ0) is 15.7. The van der Waals surface area contributed by atoms with Gasteiger partial charge in [0.1, 0.15) is 5.58 Å². The van der Waals surface area contributed by atoms with E-state index in [1.165, 1.54) is 0 Å². The highest BCUT2D eigenvalue weighted by Crippen LogP contribution is 2.33. The molecule has 2 aromatic heterocycles. The van der Waals surface area contributed by atoms with E-state index in [0.717, 1.165) is 0 Å². The minimum absolute atomic E-state index is 0.107. The van der Waals surface area contributed by atoms with Gasteiger partial charge in [0.25, 0.3) is 5.91 Å². The van der Waals surface area contributed by atoms with Crippen molar-refractivity contribution in [3.63, 3.8) is 0 Å². The quantitative estimate of drug-likeness (QED) is 0.768. The highest BCUT2D eigenvalue weighted by molar-refractivity contribution is 9.10. The molecule has 3 aromatic rings. The van der Waals surface area contributed by atoms with E-state index in [1.54, 1.807) is 36.4 Å². The molecule has 0 spiro atoms. The molecule has 0 saturated heterocycles. The Morgan fingerprint density at radius 3 is 2.64 bits per heavy atom. The van der Waals surface area contributed by atoms with Gasteiger partial charge in [-0.3, -0.25) is 9.59 Å². The summed E-state index contributed by atoms with van der Waals surface area (Å²) in [6.45, 7) is -0.433. The van der Waals surface area contributed by atoms with E-state index in [9.17, 15) is 9.59 Å². The highest BCUT2D eigenvalue weighted by atomic mass is 79.9. The first-order valence-corrected chi connectivity index (χ1v) is 7.08. The van der Waals surface area contributed by atoms with Crippen molar-refractivity contribution in [2.45, 2.75) is 0 Å². The third-order valence-corrected chi connectivity index (χ3v) is 3.34. The molecule has 7 heteroatoms. The average molecular weight is 364 g/mol. The molecular formula is C15H10BrNO5. The third-order valence-electron chi connectivity index (χ3n) is 2.91. The third kappa shape index (κ3) is 2.62. The molecule has 0 saturated carbocycles. The first kappa shape index (κ1) is 14.4. The van der Waals surface area contributed by atoms with Gasteiger partial charge in [0.15, 0.2) is 17.0 Å². The molecule has 6 nitrogen and oxygen atoms in total. The molecule has 0 atom stereocenters. The Kier molecular flexibility index (Phi) is 3.72. The van der Waals surface area contributed by atoms with Gasteiger partial charge in [0.05, 0.1) is 5.39 Å². The Bertz CT molecular complexity index is 912. The first-order valence-electron chi connectivity index (χ1n) is 6.29. The summed E-state index contributed by atoms with van der Waals surface area (Å²) < 4.78 is 16.8. The molecule has 3 rings (SSSR count). The number of hydrogen-bond acceptors (Lipinski definition) is 5. The summed E-state index contributed by atoms with van der Waals surface area (Å²) in [5, 5.41) is 0.344. The number of amides is 1. The Balaban J connectivity index is 2.25. The summed E-state index contributed by atoms with van der Waals surface area (Å²) in [4.78, 5) is 23.5. The van der Waals surface area contributed by atoms with E-state index in [1.807, 2.05) is 0 Å². The van der Waals surface area contributed by atoms with Gasteiger partial charge in [-0.15, -0.1) is 0 Å². The van der Waals surface area contributed by atoms with Gasteiger partial charge in [-0.2, -0.15) is 0 Å². The molecule has 1 amide bonds. The van der Waals surface area contributed by atoms with E-state index in [4.69, 9.17) is 19.3 Å². The molecule has 22 heavy (non-hydrogen) atoms. The van der Waals surface area contributed by atoms with Crippen LogP contribution in [0.5, 0.6) is 5.75 Å². The number of halogens is 1. The van der Waals surface area contributed by atoms with Crippen LogP contribution < -0.4 is 15.9 Å². The predicted molar refractivity (Wildman–Crippen MR) is 82.6 cm³/mol. The van der Waals surface area contributed by atoms with Crippen molar-refractivity contribution in [3.8, 4) is 17.3 Å². The maximum Gasteiger partial charge on any atom is 0.255 e. The van der Waals surface area contributed by atoms with Gasteiger partial charge >= 0.3 is 0 Å². The molecular weight excluding hydrogens is 354 g/mol. The number of primary amides is 1. The number of nitrogens with two attached hydrogens (primary N) is 1. The van der Waals surface area contributed by atoms with Crippen LogP contribution in [0.3, 0.4) is 0 Å². The SMILES string of the molecule is NC(=O)COc1c(-c2ccc(Br)o2)oc2ccccc2c1=O. The monoisotopic (exact) mass is 363 g/mol. The van der Waals surface area contributed by atoms with Crippen molar-refractivity contribution in [1.82, 2.24) is 0 Å². The van der Waals surface area contributed by atoms with Crippen molar-refractivity contribution >= 4 is 32.8 Å². The van der Waals surface area contributed by atoms with Crippen LogP contribution in [0, 0.1) is 0 Å². The van der Waals surface area contributed by atoms with Gasteiger partial charge in [0.2, 0.25) is 16.9 Å². The van der Waals surface area contributed by atoms with Crippen LogP contribution >= 0.6 is 15.9 Å². The van der Waals surface area contributed by atoms with E-state index >= 15 is 0 Å². The van der Waals surface area contributed by atoms with Gasteiger partial charge in [-0.1, -0.05) is 12.1 Å². The molecule has 2 N–H and O–H groups in total. The highest BCUT2D eigenvalue weighted by Gasteiger charge is 2.20. The molecule has 0 bridgehead atoms. The van der Waals surface area contributed by atoms with Crippen molar-refractivity contribution in [1.29, 1.82) is 0 Å². The van der Waals surface area contributed by atoms with Crippen LogP contribution in [0.1, 0.15) is 0 Å². The maximum absolute atomic E-state index is 12.6. The van der Waals surface area contributed by atoms with Gasteiger partial charge < -0.3 is 19.3 Å². The lowest BCUT2D eigenvalue weighted by Gasteiger charge is -2.08. The fourth-order valence-corrected chi connectivity index (χ4v) is 2.30. The van der Waals surface area contributed by atoms with Gasteiger partial charge in [-0.25, -0.2) is 0 Å². The van der Waals surface area contributed by atoms with Crippen LogP contribution in [-0.2, 0) is 4.79 Å². The Labute approximate surface area is 132 Å². The topological polar surface area (TPSA) is 95.7 Å². The van der Waals surface area contributed by atoms with Crippen molar-refractivity contribution < 1.29 is 18.4 Å². The van der Waals surface area contributed by atoms with E-state index in [-0.39, 0.29) is 11.5 Å². The summed E-state index contributed by atoms with van der Waals surface area (Å²) in [6.07, 6.45) is 0. The lowest BCUT2D eigenvalue weighted by atomic mass is 10.2. The minimum atomic E-state index is -0.695. The molecule has 0 aliphatic carbocycles. The van der Waals surface area contributed by atoms with E-state index in [2.05, 4.69) is 15.9 Å². The summed E-state index contributed by atoms with van der Waals surface area (Å²) in [6, 6.07) is 10.0. The maximum atomic E-state index is 12.6. The van der Waals surface area contributed by atoms with Crippen LogP contribution in [0.4, 0.5) is 0 Å². The second-order valence-corrected chi connectivity index (χ2v) is 5.23. The first-order chi connectivity index (χ1) is 10.6. The fourth-order valence-electron chi connectivity index (χ4n) is 2.00. The molecule has 1 aromatic carbocycles. The number of benzene rings is 1. The zero-order valence-corrected chi connectivity index (χ0v) is 12.8. The van der Waals surface area contributed by atoms with Gasteiger partial charge in [0, 0.05) is 0 Å². The standard InChI is InChI=1S/C15H10BrNO5/c16-11-6-5-10(21-11)14-15(20-7-12(17)18)13(19)8-3-1-2-4-9(8)22-14/h1-6H,7H2,(H2,17,18). The van der Waals surface area contributed by atoms with E-state index in [0.29, 0.717) is 21.4 Å². The van der Waals surface area contributed by atoms with E-state index < -0.39 is 17.9 Å². The number of hydrogen-bond donors (Lipinski definition) is 1. The Morgan fingerprint density at radius 2 is 1.95 bits per heavy atom. The van der Waals surface area contributed by atoms with Crippen molar-refractivity contribution in [2.75, 3.05) is 6.61 Å². The summed E-state index contributed by atoms with van der Waals surface area (Å²) >= 11 is 3.18. The van der Waals surface area contributed by atoms with Crippen molar-refractivity contribution in [2.24, 2.45) is 5.73 Å². The molecule has 0 unspecified atom stereocenters. The molecule has 0 radical (unpaired) electrons. The Hall–Kier alpha value is -2.54. The van der Waals surface area contributed by atoms with Gasteiger partial charge in [-0.05, 0) is 40.2 Å². The predicted octanol–water partition coefficient (Wildman–Crippen LogP) is 2.68. The van der Waals surface area contributed by atoms with Crippen LogP contribution in [-0.4, -0.2) is 12.5 Å². The molecule has 0 fully saturated rings. The van der Waals surface area contributed by atoms with Crippen molar-refractivity contribution in [3.05, 3.63) is 51.3 Å². The Morgan fingerprint density at radius 1 is 1.18 bits per heavy atom. The summed E-state index contributed by atoms with van der Waals surface area (Å²) in [7, 11) is 0. The molecule has 112 valence electrons. The second kappa shape index (κ2) is 5.69. The fraction of sp³-hybridized carbons (Fsp3) is 0.0667. The van der Waals surface area contributed by atoms with Crippen LogP contribution in [0.15, 0.2) is 54.7 Å². The summed E-state index contributed by atoms with van der Waals surface area (Å²) in [5.41, 5.74) is 5.06. The molecule has 2 heterocycles. The largest absolute Gasteiger partial charge is 0.476 e. The van der Waals surface area contributed by atoms with Crippen LogP contribution in [0.25, 0.3) is 22.5 Å². The second-order valence-electron chi connectivity index (χ2n) is 4.44. The summed E-state index contributed by atoms with van der Waals surface area (Å²) in [5.74, 6) is -0.400. The van der Waals surface area contributed by atoms with Crippen LogP contribution in [0.2, 0.25) is 0 Å². The number of fused-ring (bicyclic) bond motifs is 1. The lowest BCUT2D eigenvalue weighted by molar-refractivity contribution is -0.119. The lowest BCUT2D eigenvalue weighted by Crippen LogP contribution is -2.22. The number of rotatable bonds is 4. The number of carbonyl (C=O) groups is 1. The minimum Gasteiger partial charge on any atom is -0.476 e. The average Bonchev–Trinajstić information content (AvgIpc) is 2.92. The molecule has 0 aliphatic rings. The number of furan rings is 1. The zero-order valence-electron chi connectivity index (χ0n) is 11.2.